The molecular formula is C23H25N3O3S. The summed E-state index contributed by atoms with van der Waals surface area (Å²) >= 11 is 1.72. The van der Waals surface area contributed by atoms with E-state index in [0.29, 0.717) is 19.0 Å². The van der Waals surface area contributed by atoms with E-state index in [9.17, 15) is 4.79 Å². The molecule has 1 aliphatic carbocycles. The lowest BCUT2D eigenvalue weighted by molar-refractivity contribution is 0.0232. The van der Waals surface area contributed by atoms with Gasteiger partial charge in [-0.2, -0.15) is 0 Å². The lowest BCUT2D eigenvalue weighted by Crippen LogP contribution is -2.40. The number of aryl methyl sites for hydroxylation is 1. The van der Waals surface area contributed by atoms with Crippen molar-refractivity contribution in [2.75, 3.05) is 31.6 Å². The first-order chi connectivity index (χ1) is 14.8. The highest BCUT2D eigenvalue weighted by Crippen LogP contribution is 2.45. The first-order valence-corrected chi connectivity index (χ1v) is 11.3. The molecule has 0 unspecified atom stereocenters. The Morgan fingerprint density at radius 1 is 1.13 bits per heavy atom. The van der Waals surface area contributed by atoms with Crippen LogP contribution in [0.1, 0.15) is 51.1 Å². The fraction of sp³-hybridized carbons (Fsp3) is 0.391. The van der Waals surface area contributed by atoms with Crippen LogP contribution < -0.4 is 5.32 Å². The van der Waals surface area contributed by atoms with E-state index in [1.165, 1.54) is 35.1 Å². The molecule has 4 heterocycles. The van der Waals surface area contributed by atoms with Crippen molar-refractivity contribution in [2.45, 2.75) is 31.7 Å². The summed E-state index contributed by atoms with van der Waals surface area (Å²) in [6.07, 6.45) is 7.88. The summed E-state index contributed by atoms with van der Waals surface area (Å²) in [6.45, 7) is 3.11. The van der Waals surface area contributed by atoms with Crippen molar-refractivity contribution in [3.05, 3.63) is 70.3 Å². The smallest absolute Gasteiger partial charge is 0.291 e. The zero-order valence-electron chi connectivity index (χ0n) is 16.8. The van der Waals surface area contributed by atoms with Crippen LogP contribution >= 0.6 is 11.3 Å². The van der Waals surface area contributed by atoms with Crippen LogP contribution in [-0.2, 0) is 17.6 Å². The molecule has 0 bridgehead atoms. The third-order valence-electron chi connectivity index (χ3n) is 5.84. The molecule has 1 saturated heterocycles. The third kappa shape index (κ3) is 3.80. The Hall–Kier alpha value is -2.48. The molecule has 0 spiro atoms. The molecule has 3 aromatic heterocycles. The zero-order valence-corrected chi connectivity index (χ0v) is 17.6. The fourth-order valence-corrected chi connectivity index (χ4v) is 5.75. The Bertz CT molecular complexity index is 994. The number of rotatable bonds is 5. The van der Waals surface area contributed by atoms with Gasteiger partial charge in [-0.1, -0.05) is 6.07 Å². The van der Waals surface area contributed by atoms with Gasteiger partial charge in [0.25, 0.3) is 5.91 Å². The van der Waals surface area contributed by atoms with Gasteiger partial charge in [-0.05, 0) is 55.5 Å². The standard InChI is InChI=1S/C23H25N3O3S/c27-22(18-8-5-13-29-18)25-23-20(16-6-1-2-9-19(16)30-23)21(17-7-3-4-10-24-17)26-11-14-28-15-12-26/h3-5,7-8,10,13,21H,1-2,6,9,11-12,14-15H2,(H,25,27)/t21-/m1/s1. The van der Waals surface area contributed by atoms with Gasteiger partial charge in [-0.15, -0.1) is 11.3 Å². The highest BCUT2D eigenvalue weighted by molar-refractivity contribution is 7.16. The number of anilines is 1. The number of aromatic nitrogens is 1. The SMILES string of the molecule is O=C(Nc1sc2c(c1[C@@H](c1ccccn1)N1CCOCC1)CCCC2)c1ccco1. The molecule has 0 radical (unpaired) electrons. The molecular weight excluding hydrogens is 398 g/mol. The van der Waals surface area contributed by atoms with E-state index in [1.807, 2.05) is 18.3 Å². The van der Waals surface area contributed by atoms with Crippen LogP contribution in [-0.4, -0.2) is 42.1 Å². The van der Waals surface area contributed by atoms with Gasteiger partial charge in [0.15, 0.2) is 5.76 Å². The summed E-state index contributed by atoms with van der Waals surface area (Å²) in [6, 6.07) is 9.50. The molecule has 6 nitrogen and oxygen atoms in total. The van der Waals surface area contributed by atoms with Crippen LogP contribution in [0.2, 0.25) is 0 Å². The van der Waals surface area contributed by atoms with Gasteiger partial charge in [-0.25, -0.2) is 0 Å². The van der Waals surface area contributed by atoms with Crippen LogP contribution in [0, 0.1) is 0 Å². The van der Waals surface area contributed by atoms with E-state index in [-0.39, 0.29) is 11.9 Å². The minimum atomic E-state index is -0.207. The maximum Gasteiger partial charge on any atom is 0.291 e. The van der Waals surface area contributed by atoms with E-state index in [1.54, 1.807) is 23.5 Å². The lowest BCUT2D eigenvalue weighted by atomic mass is 9.90. The number of carbonyl (C=O) groups excluding carboxylic acids is 1. The Morgan fingerprint density at radius 2 is 2.00 bits per heavy atom. The number of ether oxygens (including phenoxy) is 1. The largest absolute Gasteiger partial charge is 0.459 e. The Balaban J connectivity index is 1.60. The summed E-state index contributed by atoms with van der Waals surface area (Å²) in [5.41, 5.74) is 3.61. The van der Waals surface area contributed by atoms with Crippen LogP contribution in [0.15, 0.2) is 47.2 Å². The summed E-state index contributed by atoms with van der Waals surface area (Å²) in [5, 5.41) is 4.08. The summed E-state index contributed by atoms with van der Waals surface area (Å²) in [4.78, 5) is 21.4. The van der Waals surface area contributed by atoms with E-state index in [0.717, 1.165) is 36.6 Å². The van der Waals surface area contributed by atoms with Gasteiger partial charge < -0.3 is 14.5 Å². The summed E-state index contributed by atoms with van der Waals surface area (Å²) in [5.74, 6) is 0.120. The minimum absolute atomic E-state index is 0.0000935. The van der Waals surface area contributed by atoms with E-state index in [2.05, 4.69) is 16.3 Å². The van der Waals surface area contributed by atoms with E-state index in [4.69, 9.17) is 14.1 Å². The van der Waals surface area contributed by atoms with Crippen molar-refractivity contribution in [3.63, 3.8) is 0 Å². The number of fused-ring (bicyclic) bond motifs is 1. The molecule has 3 aromatic rings. The molecule has 7 heteroatoms. The predicted molar refractivity (Wildman–Crippen MR) is 116 cm³/mol. The van der Waals surface area contributed by atoms with Crippen LogP contribution in [0.5, 0.6) is 0 Å². The van der Waals surface area contributed by atoms with Crippen molar-refractivity contribution in [3.8, 4) is 0 Å². The number of furan rings is 1. The number of pyridine rings is 1. The molecule has 1 N–H and O–H groups in total. The van der Waals surface area contributed by atoms with E-state index >= 15 is 0 Å². The number of nitrogens with zero attached hydrogens (tertiary/aromatic N) is 2. The second kappa shape index (κ2) is 8.71. The maximum atomic E-state index is 12.8. The molecule has 1 atom stereocenters. The minimum Gasteiger partial charge on any atom is -0.459 e. The van der Waals surface area contributed by atoms with Crippen molar-refractivity contribution in [1.29, 1.82) is 0 Å². The maximum absolute atomic E-state index is 12.8. The van der Waals surface area contributed by atoms with Crippen LogP contribution in [0.25, 0.3) is 0 Å². The van der Waals surface area contributed by atoms with Gasteiger partial charge in [0.1, 0.15) is 5.00 Å². The Labute approximate surface area is 179 Å². The highest BCUT2D eigenvalue weighted by Gasteiger charge is 2.33. The highest BCUT2D eigenvalue weighted by atomic mass is 32.1. The second-order valence-electron chi connectivity index (χ2n) is 7.69. The molecule has 156 valence electrons. The number of amides is 1. The van der Waals surface area contributed by atoms with Gasteiger partial charge >= 0.3 is 0 Å². The molecule has 30 heavy (non-hydrogen) atoms. The van der Waals surface area contributed by atoms with Crippen molar-refractivity contribution in [1.82, 2.24) is 9.88 Å². The molecule has 1 amide bonds. The first-order valence-electron chi connectivity index (χ1n) is 10.5. The zero-order chi connectivity index (χ0) is 20.3. The van der Waals surface area contributed by atoms with Crippen LogP contribution in [0.4, 0.5) is 5.00 Å². The van der Waals surface area contributed by atoms with Crippen molar-refractivity contribution in [2.24, 2.45) is 0 Å². The monoisotopic (exact) mass is 423 g/mol. The average Bonchev–Trinajstić information content (AvgIpc) is 3.45. The van der Waals surface area contributed by atoms with Crippen molar-refractivity contribution >= 4 is 22.2 Å². The lowest BCUT2D eigenvalue weighted by Gasteiger charge is -2.35. The van der Waals surface area contributed by atoms with Crippen molar-refractivity contribution < 1.29 is 13.9 Å². The fourth-order valence-electron chi connectivity index (χ4n) is 4.44. The number of nitrogens with one attached hydrogen (secondary N) is 1. The molecule has 0 aromatic carbocycles. The molecule has 1 aliphatic heterocycles. The summed E-state index contributed by atoms with van der Waals surface area (Å²) < 4.78 is 10.9. The second-order valence-corrected chi connectivity index (χ2v) is 8.80. The predicted octanol–water partition coefficient (Wildman–Crippen LogP) is 4.29. The van der Waals surface area contributed by atoms with Gasteiger partial charge in [-0.3, -0.25) is 14.7 Å². The third-order valence-corrected chi connectivity index (χ3v) is 7.06. The molecule has 0 saturated carbocycles. The Kier molecular flexibility index (Phi) is 5.66. The summed E-state index contributed by atoms with van der Waals surface area (Å²) in [7, 11) is 0. The van der Waals surface area contributed by atoms with Crippen LogP contribution in [0.3, 0.4) is 0 Å². The van der Waals surface area contributed by atoms with Gasteiger partial charge in [0, 0.05) is 29.7 Å². The number of hydrogen-bond acceptors (Lipinski definition) is 6. The number of carbonyl (C=O) groups is 1. The normalized spacial score (nSPS) is 18.0. The Morgan fingerprint density at radius 3 is 2.77 bits per heavy atom. The topological polar surface area (TPSA) is 67.6 Å². The number of hydrogen-bond donors (Lipinski definition) is 1. The van der Waals surface area contributed by atoms with E-state index < -0.39 is 0 Å². The number of morpholine rings is 1. The number of thiophene rings is 1. The van der Waals surface area contributed by atoms with Gasteiger partial charge in [0.05, 0.1) is 31.2 Å². The molecule has 5 rings (SSSR count). The first kappa shape index (κ1) is 19.5. The molecule has 2 aliphatic rings. The van der Waals surface area contributed by atoms with Gasteiger partial charge in [0.2, 0.25) is 0 Å². The average molecular weight is 424 g/mol. The molecule has 1 fully saturated rings. The quantitative estimate of drug-likeness (QED) is 0.663.